The minimum atomic E-state index is -0.0869. The first-order chi connectivity index (χ1) is 8.22. The van der Waals surface area contributed by atoms with Gasteiger partial charge >= 0.3 is 0 Å². The summed E-state index contributed by atoms with van der Waals surface area (Å²) < 4.78 is 5.09. The molecule has 0 aliphatic heterocycles. The lowest BCUT2D eigenvalue weighted by molar-refractivity contribution is 0.106. The fourth-order valence-corrected chi connectivity index (χ4v) is 1.39. The number of carbonyl (C=O) groups is 1. The van der Waals surface area contributed by atoms with Crippen molar-refractivity contribution in [3.05, 3.63) is 42.0 Å². The zero-order chi connectivity index (χ0) is 12.7. The van der Waals surface area contributed by atoms with E-state index in [9.17, 15) is 4.79 Å². The lowest BCUT2D eigenvalue weighted by Crippen LogP contribution is -2.11. The SMILES string of the molecule is CC/C=C\C(=NC)C(=O)c1cccc(OC)c1. The first kappa shape index (κ1) is 13.2. The minimum absolute atomic E-state index is 0.0869. The second-order valence-corrected chi connectivity index (χ2v) is 3.48. The topological polar surface area (TPSA) is 38.7 Å². The van der Waals surface area contributed by atoms with Crippen LogP contribution in [0.1, 0.15) is 23.7 Å². The van der Waals surface area contributed by atoms with Crippen molar-refractivity contribution in [3.8, 4) is 5.75 Å². The Bertz CT molecular complexity index is 447. The highest BCUT2D eigenvalue weighted by molar-refractivity contribution is 6.49. The van der Waals surface area contributed by atoms with Crippen molar-refractivity contribution in [3.63, 3.8) is 0 Å². The molecular weight excluding hydrogens is 214 g/mol. The van der Waals surface area contributed by atoms with Crippen LogP contribution >= 0.6 is 0 Å². The van der Waals surface area contributed by atoms with Crippen molar-refractivity contribution in [1.29, 1.82) is 0 Å². The number of hydrogen-bond acceptors (Lipinski definition) is 3. The molecule has 1 rings (SSSR count). The monoisotopic (exact) mass is 231 g/mol. The van der Waals surface area contributed by atoms with Crippen molar-refractivity contribution in [2.45, 2.75) is 13.3 Å². The summed E-state index contributed by atoms with van der Waals surface area (Å²) >= 11 is 0. The molecule has 0 heterocycles. The van der Waals surface area contributed by atoms with Gasteiger partial charge in [-0.1, -0.05) is 25.1 Å². The van der Waals surface area contributed by atoms with Gasteiger partial charge in [-0.25, -0.2) is 0 Å². The fraction of sp³-hybridized carbons (Fsp3) is 0.286. The average molecular weight is 231 g/mol. The third-order valence-corrected chi connectivity index (χ3v) is 2.32. The summed E-state index contributed by atoms with van der Waals surface area (Å²) in [6.45, 7) is 2.01. The molecule has 0 amide bonds. The molecule has 0 saturated heterocycles. The smallest absolute Gasteiger partial charge is 0.210 e. The van der Waals surface area contributed by atoms with Crippen LogP contribution in [0, 0.1) is 0 Å². The van der Waals surface area contributed by atoms with Crippen LogP contribution in [0.5, 0.6) is 5.75 Å². The van der Waals surface area contributed by atoms with Crippen LogP contribution in [0.4, 0.5) is 0 Å². The Morgan fingerprint density at radius 1 is 1.47 bits per heavy atom. The molecule has 17 heavy (non-hydrogen) atoms. The number of Topliss-reactive ketones (excluding diaryl/α,β-unsaturated/α-hetero) is 1. The average Bonchev–Trinajstić information content (AvgIpc) is 2.39. The number of methoxy groups -OCH3 is 1. The van der Waals surface area contributed by atoms with Crippen molar-refractivity contribution in [2.24, 2.45) is 4.99 Å². The molecule has 0 fully saturated rings. The largest absolute Gasteiger partial charge is 0.497 e. The van der Waals surface area contributed by atoms with E-state index in [0.29, 0.717) is 17.0 Å². The first-order valence-electron chi connectivity index (χ1n) is 5.55. The van der Waals surface area contributed by atoms with Crippen molar-refractivity contribution in [1.82, 2.24) is 0 Å². The van der Waals surface area contributed by atoms with Crippen LogP contribution < -0.4 is 4.74 Å². The summed E-state index contributed by atoms with van der Waals surface area (Å²) in [6.07, 6.45) is 4.55. The number of benzene rings is 1. The number of allylic oxidation sites excluding steroid dienone is 2. The molecule has 3 nitrogen and oxygen atoms in total. The van der Waals surface area contributed by atoms with E-state index in [4.69, 9.17) is 4.74 Å². The van der Waals surface area contributed by atoms with E-state index in [2.05, 4.69) is 4.99 Å². The van der Waals surface area contributed by atoms with Crippen LogP contribution in [-0.2, 0) is 0 Å². The maximum Gasteiger partial charge on any atom is 0.210 e. The standard InChI is InChI=1S/C14H17NO2/c1-4-5-9-13(15-2)14(16)11-7-6-8-12(10-11)17-3/h5-10H,4H2,1-3H3/b9-5-,15-13?. The van der Waals surface area contributed by atoms with E-state index in [1.165, 1.54) is 0 Å². The summed E-state index contributed by atoms with van der Waals surface area (Å²) in [5.74, 6) is 0.585. The second-order valence-electron chi connectivity index (χ2n) is 3.48. The minimum Gasteiger partial charge on any atom is -0.497 e. The van der Waals surface area contributed by atoms with Gasteiger partial charge in [0.25, 0.3) is 0 Å². The summed E-state index contributed by atoms with van der Waals surface area (Å²) in [7, 11) is 3.20. The molecule has 0 N–H and O–H groups in total. The van der Waals surface area contributed by atoms with E-state index >= 15 is 0 Å². The quantitative estimate of drug-likeness (QED) is 0.577. The third-order valence-electron chi connectivity index (χ3n) is 2.32. The van der Waals surface area contributed by atoms with Gasteiger partial charge in [0, 0.05) is 12.6 Å². The highest BCUT2D eigenvalue weighted by atomic mass is 16.5. The molecule has 0 unspecified atom stereocenters. The normalized spacial score (nSPS) is 11.8. The maximum atomic E-state index is 12.1. The Hall–Kier alpha value is -1.90. The summed E-state index contributed by atoms with van der Waals surface area (Å²) in [5.41, 5.74) is 1.05. The molecular formula is C14H17NO2. The van der Waals surface area contributed by atoms with Gasteiger partial charge in [-0.2, -0.15) is 0 Å². The van der Waals surface area contributed by atoms with Crippen molar-refractivity contribution >= 4 is 11.5 Å². The third kappa shape index (κ3) is 3.55. The highest BCUT2D eigenvalue weighted by Crippen LogP contribution is 2.13. The number of ketones is 1. The Morgan fingerprint density at radius 3 is 2.82 bits per heavy atom. The predicted molar refractivity (Wildman–Crippen MR) is 70.1 cm³/mol. The molecule has 0 saturated carbocycles. The molecule has 0 bridgehead atoms. The van der Waals surface area contributed by atoms with Gasteiger partial charge in [0.15, 0.2) is 0 Å². The van der Waals surface area contributed by atoms with Gasteiger partial charge in [-0.15, -0.1) is 0 Å². The van der Waals surface area contributed by atoms with Crippen molar-refractivity contribution in [2.75, 3.05) is 14.2 Å². The molecule has 0 spiro atoms. The molecule has 0 aliphatic carbocycles. The van der Waals surface area contributed by atoms with E-state index in [1.54, 1.807) is 44.5 Å². The van der Waals surface area contributed by atoms with Gasteiger partial charge in [-0.05, 0) is 24.6 Å². The van der Waals surface area contributed by atoms with E-state index in [0.717, 1.165) is 6.42 Å². The lowest BCUT2D eigenvalue weighted by Gasteiger charge is -2.03. The molecule has 3 heteroatoms. The second kappa shape index (κ2) is 6.63. The first-order valence-corrected chi connectivity index (χ1v) is 5.55. The van der Waals surface area contributed by atoms with Gasteiger partial charge in [0.2, 0.25) is 5.78 Å². The van der Waals surface area contributed by atoms with Crippen LogP contribution in [0.25, 0.3) is 0 Å². The molecule has 1 aromatic rings. The molecule has 1 aromatic carbocycles. The number of hydrogen-bond donors (Lipinski definition) is 0. The van der Waals surface area contributed by atoms with Gasteiger partial charge in [0.1, 0.15) is 11.5 Å². The fourth-order valence-electron chi connectivity index (χ4n) is 1.39. The zero-order valence-electron chi connectivity index (χ0n) is 10.4. The predicted octanol–water partition coefficient (Wildman–Crippen LogP) is 2.91. The molecule has 0 radical (unpaired) electrons. The molecule has 0 atom stereocenters. The Kier molecular flexibility index (Phi) is 5.14. The summed E-state index contributed by atoms with van der Waals surface area (Å²) in [4.78, 5) is 16.1. The zero-order valence-corrected chi connectivity index (χ0v) is 10.4. The molecule has 0 aromatic heterocycles. The highest BCUT2D eigenvalue weighted by Gasteiger charge is 2.11. The van der Waals surface area contributed by atoms with Gasteiger partial charge in [0.05, 0.1) is 7.11 Å². The lowest BCUT2D eigenvalue weighted by atomic mass is 10.1. The number of rotatable bonds is 5. The van der Waals surface area contributed by atoms with Crippen LogP contribution in [0.3, 0.4) is 0 Å². The van der Waals surface area contributed by atoms with Crippen LogP contribution in [0.15, 0.2) is 41.4 Å². The van der Waals surface area contributed by atoms with E-state index in [1.807, 2.05) is 13.0 Å². The maximum absolute atomic E-state index is 12.1. The number of ether oxygens (including phenoxy) is 1. The number of aliphatic imine (C=N–C) groups is 1. The van der Waals surface area contributed by atoms with E-state index < -0.39 is 0 Å². The van der Waals surface area contributed by atoms with Crippen LogP contribution in [0.2, 0.25) is 0 Å². The number of carbonyl (C=O) groups excluding carboxylic acids is 1. The Balaban J connectivity index is 2.98. The van der Waals surface area contributed by atoms with Crippen LogP contribution in [-0.4, -0.2) is 25.7 Å². The Labute approximate surface area is 102 Å². The number of nitrogens with zero attached hydrogens (tertiary/aromatic N) is 1. The Morgan fingerprint density at radius 2 is 2.24 bits per heavy atom. The molecule has 0 aliphatic rings. The van der Waals surface area contributed by atoms with Crippen molar-refractivity contribution < 1.29 is 9.53 Å². The van der Waals surface area contributed by atoms with E-state index in [-0.39, 0.29) is 5.78 Å². The van der Waals surface area contributed by atoms with Gasteiger partial charge in [-0.3, -0.25) is 9.79 Å². The summed E-state index contributed by atoms with van der Waals surface area (Å²) in [6, 6.07) is 7.08. The summed E-state index contributed by atoms with van der Waals surface area (Å²) in [5, 5.41) is 0. The molecule has 90 valence electrons. The van der Waals surface area contributed by atoms with Gasteiger partial charge < -0.3 is 4.74 Å².